The first-order valence-electron chi connectivity index (χ1n) is 8.96. The lowest BCUT2D eigenvalue weighted by molar-refractivity contribution is -0.143. The molecule has 7 nitrogen and oxygen atoms in total. The van der Waals surface area contributed by atoms with Crippen LogP contribution >= 0.6 is 0 Å². The molecule has 3 amide bonds. The molecule has 0 bridgehead atoms. The first-order valence-corrected chi connectivity index (χ1v) is 8.96. The third kappa shape index (κ3) is 2.04. The Labute approximate surface area is 152 Å². The maximum absolute atomic E-state index is 13.2. The number of hydrogen-bond donors (Lipinski definition) is 2. The maximum Gasteiger partial charge on any atom is 0.250 e. The highest BCUT2D eigenvalue weighted by atomic mass is 16.5. The third-order valence-corrected chi connectivity index (χ3v) is 5.89. The molecule has 4 rings (SSSR count). The zero-order valence-electron chi connectivity index (χ0n) is 15.1. The second-order valence-corrected chi connectivity index (χ2v) is 7.55. The van der Waals surface area contributed by atoms with Gasteiger partial charge in [-0.15, -0.1) is 0 Å². The van der Waals surface area contributed by atoms with Gasteiger partial charge in [-0.25, -0.2) is 0 Å². The van der Waals surface area contributed by atoms with Gasteiger partial charge in [0.15, 0.2) is 0 Å². The van der Waals surface area contributed by atoms with Crippen molar-refractivity contribution in [1.82, 2.24) is 10.2 Å². The van der Waals surface area contributed by atoms with Crippen LogP contribution in [0.2, 0.25) is 0 Å². The number of methoxy groups -OCH3 is 1. The number of amides is 3. The minimum Gasteiger partial charge on any atom is -0.383 e. The fourth-order valence-corrected chi connectivity index (χ4v) is 4.73. The molecule has 3 heterocycles. The molecule has 3 aliphatic heterocycles. The fourth-order valence-electron chi connectivity index (χ4n) is 4.73. The number of rotatable bonds is 4. The summed E-state index contributed by atoms with van der Waals surface area (Å²) in [7, 11) is 1.53. The van der Waals surface area contributed by atoms with Crippen LogP contribution in [0.5, 0.6) is 0 Å². The van der Waals surface area contributed by atoms with Crippen LogP contribution in [-0.2, 0) is 24.7 Å². The predicted octanol–water partition coefficient (Wildman–Crippen LogP) is 0.709. The fraction of sp³-hybridized carbons (Fsp3) is 0.526. The van der Waals surface area contributed by atoms with Gasteiger partial charge in [0.1, 0.15) is 5.54 Å². The third-order valence-electron chi connectivity index (χ3n) is 5.89. The Kier molecular flexibility index (Phi) is 3.89. The Hall–Kier alpha value is -2.25. The number of ether oxygens (including phenoxy) is 1. The van der Waals surface area contributed by atoms with Crippen LogP contribution in [0.25, 0.3) is 0 Å². The summed E-state index contributed by atoms with van der Waals surface area (Å²) in [5.41, 5.74) is 0.256. The number of anilines is 1. The molecule has 0 unspecified atom stereocenters. The topological polar surface area (TPSA) is 87.7 Å². The van der Waals surface area contributed by atoms with Gasteiger partial charge in [-0.2, -0.15) is 0 Å². The lowest BCUT2D eigenvalue weighted by Crippen LogP contribution is -2.54. The molecule has 0 saturated carbocycles. The summed E-state index contributed by atoms with van der Waals surface area (Å²) in [5, 5.41) is 6.29. The number of fused-ring (bicyclic) bond motifs is 4. The number of carbonyl (C=O) groups is 3. The summed E-state index contributed by atoms with van der Waals surface area (Å²) in [6.07, 6.45) is 0. The van der Waals surface area contributed by atoms with E-state index in [2.05, 4.69) is 10.6 Å². The SMILES string of the molecule is COCCN1C(=O)[C@@H]2[C@@H](C(C)C)N[C@]3(C(=O)Nc4ccccc43)[C@@H]2C1=O. The van der Waals surface area contributed by atoms with Crippen molar-refractivity contribution in [2.75, 3.05) is 25.6 Å². The largest absolute Gasteiger partial charge is 0.383 e. The van der Waals surface area contributed by atoms with Crippen molar-refractivity contribution in [2.45, 2.75) is 25.4 Å². The summed E-state index contributed by atoms with van der Waals surface area (Å²) in [6, 6.07) is 7.13. The molecule has 1 aromatic rings. The summed E-state index contributed by atoms with van der Waals surface area (Å²) in [4.78, 5) is 40.6. The average molecular weight is 357 g/mol. The second-order valence-electron chi connectivity index (χ2n) is 7.55. The van der Waals surface area contributed by atoms with Crippen molar-refractivity contribution in [3.8, 4) is 0 Å². The summed E-state index contributed by atoms with van der Waals surface area (Å²) < 4.78 is 5.05. The minimum atomic E-state index is -1.19. The first kappa shape index (κ1) is 17.2. The number of likely N-dealkylation sites (tertiary alicyclic amines) is 1. The van der Waals surface area contributed by atoms with Crippen LogP contribution in [0, 0.1) is 17.8 Å². The van der Waals surface area contributed by atoms with Crippen LogP contribution in [-0.4, -0.2) is 48.9 Å². The van der Waals surface area contributed by atoms with Gasteiger partial charge >= 0.3 is 0 Å². The minimum absolute atomic E-state index is 0.0987. The number of para-hydroxylation sites is 1. The van der Waals surface area contributed by atoms with Crippen molar-refractivity contribution in [1.29, 1.82) is 0 Å². The zero-order chi connectivity index (χ0) is 18.6. The zero-order valence-corrected chi connectivity index (χ0v) is 15.1. The molecule has 2 N–H and O–H groups in total. The number of hydrogen-bond acceptors (Lipinski definition) is 5. The van der Waals surface area contributed by atoms with E-state index < -0.39 is 17.4 Å². The Morgan fingerprint density at radius 3 is 2.62 bits per heavy atom. The van der Waals surface area contributed by atoms with E-state index in [-0.39, 0.29) is 42.8 Å². The number of nitrogens with zero attached hydrogens (tertiary/aromatic N) is 1. The smallest absolute Gasteiger partial charge is 0.250 e. The van der Waals surface area contributed by atoms with Gasteiger partial charge in [-0.05, 0) is 12.0 Å². The summed E-state index contributed by atoms with van der Waals surface area (Å²) in [5.74, 6) is -1.94. The predicted molar refractivity (Wildman–Crippen MR) is 94.1 cm³/mol. The van der Waals surface area contributed by atoms with Crippen molar-refractivity contribution < 1.29 is 19.1 Å². The molecule has 2 fully saturated rings. The van der Waals surface area contributed by atoms with Crippen molar-refractivity contribution >= 4 is 23.4 Å². The monoisotopic (exact) mass is 357 g/mol. The molecular formula is C19H23N3O4. The summed E-state index contributed by atoms with van der Waals surface area (Å²) >= 11 is 0. The number of nitrogens with one attached hydrogen (secondary N) is 2. The van der Waals surface area contributed by atoms with Crippen molar-refractivity contribution in [2.24, 2.45) is 17.8 Å². The highest BCUT2D eigenvalue weighted by molar-refractivity contribution is 6.15. The summed E-state index contributed by atoms with van der Waals surface area (Å²) in [6.45, 7) is 4.50. The van der Waals surface area contributed by atoms with E-state index >= 15 is 0 Å². The molecule has 26 heavy (non-hydrogen) atoms. The number of benzene rings is 1. The van der Waals surface area contributed by atoms with Gasteiger partial charge in [-0.3, -0.25) is 24.6 Å². The average Bonchev–Trinajstić information content (AvgIpc) is 3.20. The molecule has 0 aliphatic carbocycles. The molecule has 0 radical (unpaired) electrons. The van der Waals surface area contributed by atoms with Crippen molar-refractivity contribution in [3.05, 3.63) is 29.8 Å². The molecule has 3 aliphatic rings. The number of carbonyl (C=O) groups excluding carboxylic acids is 3. The van der Waals surface area contributed by atoms with E-state index in [0.717, 1.165) is 5.56 Å². The Morgan fingerprint density at radius 2 is 1.92 bits per heavy atom. The van der Waals surface area contributed by atoms with Gasteiger partial charge in [0.05, 0.1) is 25.0 Å². The quantitative estimate of drug-likeness (QED) is 0.775. The first-order chi connectivity index (χ1) is 12.4. The lowest BCUT2D eigenvalue weighted by Gasteiger charge is -2.30. The molecule has 1 aromatic carbocycles. The van der Waals surface area contributed by atoms with E-state index in [1.165, 1.54) is 12.0 Å². The van der Waals surface area contributed by atoms with Crippen LogP contribution in [0.4, 0.5) is 5.69 Å². The van der Waals surface area contributed by atoms with Crippen molar-refractivity contribution in [3.63, 3.8) is 0 Å². The van der Waals surface area contributed by atoms with Gasteiger partial charge in [0, 0.05) is 24.4 Å². The molecule has 4 atom stereocenters. The van der Waals surface area contributed by atoms with Crippen LogP contribution in [0.15, 0.2) is 24.3 Å². The van der Waals surface area contributed by atoms with Crippen LogP contribution in [0.1, 0.15) is 19.4 Å². The van der Waals surface area contributed by atoms with E-state index in [1.807, 2.05) is 38.1 Å². The molecular weight excluding hydrogens is 334 g/mol. The second kappa shape index (κ2) is 5.89. The normalized spacial score (nSPS) is 32.5. The molecule has 0 aromatic heterocycles. The van der Waals surface area contributed by atoms with E-state index in [1.54, 1.807) is 0 Å². The standard InChI is InChI=1S/C19H23N3O4/c1-10(2)15-13-14(17(24)22(16(13)23)8-9-26-3)19(21-15)11-6-4-5-7-12(11)20-18(19)25/h4-7,10,13-15,21H,8-9H2,1-3H3,(H,20,25)/t13-,14-,15+,19-/m0/s1. The molecule has 138 valence electrons. The lowest BCUT2D eigenvalue weighted by atomic mass is 9.76. The highest BCUT2D eigenvalue weighted by Gasteiger charge is 2.70. The van der Waals surface area contributed by atoms with Gasteiger partial charge in [0.25, 0.3) is 0 Å². The van der Waals surface area contributed by atoms with E-state index in [4.69, 9.17) is 4.74 Å². The van der Waals surface area contributed by atoms with Crippen LogP contribution < -0.4 is 10.6 Å². The van der Waals surface area contributed by atoms with E-state index in [9.17, 15) is 14.4 Å². The Morgan fingerprint density at radius 1 is 1.19 bits per heavy atom. The van der Waals surface area contributed by atoms with Gasteiger partial charge in [0.2, 0.25) is 17.7 Å². The maximum atomic E-state index is 13.2. The molecule has 2 saturated heterocycles. The Balaban J connectivity index is 1.85. The number of imide groups is 1. The molecule has 7 heteroatoms. The Bertz CT molecular complexity index is 793. The van der Waals surface area contributed by atoms with Crippen LogP contribution in [0.3, 0.4) is 0 Å². The van der Waals surface area contributed by atoms with Gasteiger partial charge < -0.3 is 10.1 Å². The van der Waals surface area contributed by atoms with E-state index in [0.29, 0.717) is 5.69 Å². The molecule has 1 spiro atoms. The van der Waals surface area contributed by atoms with Gasteiger partial charge in [-0.1, -0.05) is 32.0 Å². The highest BCUT2D eigenvalue weighted by Crippen LogP contribution is 2.53.